The number of sulfone groups is 1. The van der Waals surface area contributed by atoms with Crippen LogP contribution >= 0.6 is 0 Å². The predicted molar refractivity (Wildman–Crippen MR) is 72.7 cm³/mol. The molecule has 1 heterocycles. The van der Waals surface area contributed by atoms with E-state index >= 15 is 0 Å². The first kappa shape index (κ1) is 13.0. The highest BCUT2D eigenvalue weighted by Gasteiger charge is 2.09. The molecule has 1 aromatic heterocycles. The van der Waals surface area contributed by atoms with Gasteiger partial charge in [0.05, 0.1) is 11.5 Å². The Morgan fingerprint density at radius 3 is 2.83 bits per heavy atom. The van der Waals surface area contributed by atoms with E-state index in [1.54, 1.807) is 0 Å². The molecule has 4 nitrogen and oxygen atoms in total. The third kappa shape index (κ3) is 3.26. The van der Waals surface area contributed by atoms with Gasteiger partial charge in [0.25, 0.3) is 0 Å². The highest BCUT2D eigenvalue weighted by molar-refractivity contribution is 7.91. The van der Waals surface area contributed by atoms with Crippen molar-refractivity contribution in [3.63, 3.8) is 0 Å². The summed E-state index contributed by atoms with van der Waals surface area (Å²) in [6.45, 7) is 2.07. The van der Waals surface area contributed by atoms with Crippen molar-refractivity contribution in [3.8, 4) is 5.75 Å². The lowest BCUT2D eigenvalue weighted by atomic mass is 10.2. The van der Waals surface area contributed by atoms with Gasteiger partial charge >= 0.3 is 0 Å². The first-order chi connectivity index (χ1) is 8.61. The Labute approximate surface area is 107 Å². The molecule has 0 amide bonds. The lowest BCUT2D eigenvalue weighted by molar-refractivity contribution is 0.341. The summed E-state index contributed by atoms with van der Waals surface area (Å²) < 4.78 is 28.5. The molecule has 2 rings (SSSR count). The molecule has 0 aliphatic heterocycles. The van der Waals surface area contributed by atoms with Gasteiger partial charge in [-0.05, 0) is 30.7 Å². The minimum absolute atomic E-state index is 0.0754. The summed E-state index contributed by atoms with van der Waals surface area (Å²) in [5.41, 5.74) is 1.04. The van der Waals surface area contributed by atoms with Crippen LogP contribution < -0.4 is 4.74 Å². The second kappa shape index (κ2) is 5.44. The Hall–Kier alpha value is -1.49. The number of fused-ring (bicyclic) bond motifs is 1. The first-order valence-electron chi connectivity index (χ1n) is 6.01. The number of aromatic amines is 1. The van der Waals surface area contributed by atoms with Crippen LogP contribution in [0.25, 0.3) is 10.9 Å². The van der Waals surface area contributed by atoms with E-state index in [2.05, 4.69) is 4.98 Å². The molecule has 5 heteroatoms. The maximum Gasteiger partial charge on any atom is 0.153 e. The topological polar surface area (TPSA) is 59.2 Å². The molecular formula is C13H17NO3S. The summed E-state index contributed by atoms with van der Waals surface area (Å²) in [6.07, 6.45) is 2.51. The molecule has 0 fully saturated rings. The van der Waals surface area contributed by atoms with Gasteiger partial charge in [0.15, 0.2) is 9.84 Å². The maximum absolute atomic E-state index is 11.5. The molecule has 1 aromatic carbocycles. The van der Waals surface area contributed by atoms with E-state index in [-0.39, 0.29) is 18.1 Å². The lowest BCUT2D eigenvalue weighted by Gasteiger charge is -2.06. The normalized spacial score (nSPS) is 11.8. The van der Waals surface area contributed by atoms with Gasteiger partial charge < -0.3 is 9.72 Å². The molecule has 2 aromatic rings. The number of rotatable bonds is 6. The molecule has 0 unspecified atom stereocenters. The number of nitrogens with one attached hydrogen (secondary N) is 1. The molecule has 98 valence electrons. The molecule has 0 saturated carbocycles. The number of ether oxygens (including phenoxy) is 1. The molecule has 0 bridgehead atoms. The van der Waals surface area contributed by atoms with E-state index < -0.39 is 9.84 Å². The second-order valence-corrected chi connectivity index (χ2v) is 6.53. The molecule has 0 radical (unpaired) electrons. The highest BCUT2D eigenvalue weighted by Crippen LogP contribution is 2.19. The van der Waals surface area contributed by atoms with Gasteiger partial charge in [0, 0.05) is 17.1 Å². The van der Waals surface area contributed by atoms with Crippen molar-refractivity contribution < 1.29 is 13.2 Å². The monoisotopic (exact) mass is 267 g/mol. The molecule has 0 saturated heterocycles. The number of benzene rings is 1. The quantitative estimate of drug-likeness (QED) is 0.874. The standard InChI is InChI=1S/C13H17NO3S/c1-2-8-18(15,16)9-7-17-12-3-4-13-11(10-12)5-6-14-13/h3-6,10,14H,2,7-9H2,1H3. The van der Waals surface area contributed by atoms with E-state index in [1.165, 1.54) is 0 Å². The molecule has 1 N–H and O–H groups in total. The summed E-state index contributed by atoms with van der Waals surface area (Å²) in [7, 11) is -2.96. The summed E-state index contributed by atoms with van der Waals surface area (Å²) in [4.78, 5) is 3.09. The minimum atomic E-state index is -2.96. The van der Waals surface area contributed by atoms with Crippen LogP contribution in [0.2, 0.25) is 0 Å². The van der Waals surface area contributed by atoms with Crippen LogP contribution in [-0.2, 0) is 9.84 Å². The molecule has 0 aliphatic carbocycles. The SMILES string of the molecule is CCCS(=O)(=O)CCOc1ccc2[nH]ccc2c1. The third-order valence-electron chi connectivity index (χ3n) is 2.70. The Kier molecular flexibility index (Phi) is 3.91. The van der Waals surface area contributed by atoms with Crippen LogP contribution in [0.4, 0.5) is 0 Å². The Morgan fingerprint density at radius 1 is 1.22 bits per heavy atom. The average molecular weight is 267 g/mol. The fourth-order valence-corrected chi connectivity index (χ4v) is 2.98. The van der Waals surface area contributed by atoms with E-state index in [4.69, 9.17) is 4.74 Å². The lowest BCUT2D eigenvalue weighted by Crippen LogP contribution is -2.16. The zero-order chi connectivity index (χ0) is 13.0. The van der Waals surface area contributed by atoms with Crippen LogP contribution in [0, 0.1) is 0 Å². The van der Waals surface area contributed by atoms with E-state index in [1.807, 2.05) is 37.4 Å². The second-order valence-electron chi connectivity index (χ2n) is 4.23. The molecular weight excluding hydrogens is 250 g/mol. The van der Waals surface area contributed by atoms with Crippen molar-refractivity contribution in [1.82, 2.24) is 4.98 Å². The van der Waals surface area contributed by atoms with Crippen LogP contribution in [0.1, 0.15) is 13.3 Å². The van der Waals surface area contributed by atoms with E-state index in [9.17, 15) is 8.42 Å². The van der Waals surface area contributed by atoms with Crippen molar-refractivity contribution in [2.75, 3.05) is 18.1 Å². The van der Waals surface area contributed by atoms with Gasteiger partial charge in [-0.1, -0.05) is 6.92 Å². The molecule has 0 spiro atoms. The summed E-state index contributed by atoms with van der Waals surface area (Å²) in [6, 6.07) is 7.62. The van der Waals surface area contributed by atoms with Crippen molar-refractivity contribution in [2.24, 2.45) is 0 Å². The zero-order valence-corrected chi connectivity index (χ0v) is 11.2. The van der Waals surface area contributed by atoms with E-state index in [0.29, 0.717) is 12.2 Å². The zero-order valence-electron chi connectivity index (χ0n) is 10.3. The predicted octanol–water partition coefficient (Wildman–Crippen LogP) is 2.37. The van der Waals surface area contributed by atoms with Gasteiger partial charge in [0.1, 0.15) is 12.4 Å². The van der Waals surface area contributed by atoms with Crippen LogP contribution in [-0.4, -0.2) is 31.5 Å². The number of hydrogen-bond acceptors (Lipinski definition) is 3. The first-order valence-corrected chi connectivity index (χ1v) is 7.83. The largest absolute Gasteiger partial charge is 0.493 e. The molecule has 18 heavy (non-hydrogen) atoms. The number of hydrogen-bond donors (Lipinski definition) is 1. The van der Waals surface area contributed by atoms with Gasteiger partial charge in [-0.2, -0.15) is 0 Å². The van der Waals surface area contributed by atoms with Gasteiger partial charge in [-0.15, -0.1) is 0 Å². The summed E-state index contributed by atoms with van der Waals surface area (Å²) >= 11 is 0. The smallest absolute Gasteiger partial charge is 0.153 e. The highest BCUT2D eigenvalue weighted by atomic mass is 32.2. The average Bonchev–Trinajstić information content (AvgIpc) is 2.75. The van der Waals surface area contributed by atoms with E-state index in [0.717, 1.165) is 10.9 Å². The number of H-pyrrole nitrogens is 1. The van der Waals surface area contributed by atoms with Crippen molar-refractivity contribution >= 4 is 20.7 Å². The third-order valence-corrected chi connectivity index (χ3v) is 4.52. The Morgan fingerprint density at radius 2 is 2.06 bits per heavy atom. The van der Waals surface area contributed by atoms with Gasteiger partial charge in [-0.25, -0.2) is 8.42 Å². The van der Waals surface area contributed by atoms with Crippen molar-refractivity contribution in [3.05, 3.63) is 30.5 Å². The van der Waals surface area contributed by atoms with Crippen LogP contribution in [0.3, 0.4) is 0 Å². The molecule has 0 aliphatic rings. The summed E-state index contributed by atoms with van der Waals surface area (Å²) in [5.74, 6) is 1.01. The summed E-state index contributed by atoms with van der Waals surface area (Å²) in [5, 5.41) is 1.06. The fourth-order valence-electron chi connectivity index (χ4n) is 1.82. The van der Waals surface area contributed by atoms with Gasteiger partial charge in [0.2, 0.25) is 0 Å². The minimum Gasteiger partial charge on any atom is -0.493 e. The number of aromatic nitrogens is 1. The van der Waals surface area contributed by atoms with Crippen LogP contribution in [0.15, 0.2) is 30.5 Å². The Balaban J connectivity index is 1.94. The van der Waals surface area contributed by atoms with Crippen LogP contribution in [0.5, 0.6) is 5.75 Å². The van der Waals surface area contributed by atoms with Crippen molar-refractivity contribution in [2.45, 2.75) is 13.3 Å². The van der Waals surface area contributed by atoms with Gasteiger partial charge in [-0.3, -0.25) is 0 Å². The maximum atomic E-state index is 11.5. The molecule has 0 atom stereocenters. The Bertz CT molecular complexity index is 616. The fraction of sp³-hybridized carbons (Fsp3) is 0.385. The van der Waals surface area contributed by atoms with Crippen molar-refractivity contribution in [1.29, 1.82) is 0 Å².